The van der Waals surface area contributed by atoms with Crippen LogP contribution in [0.3, 0.4) is 0 Å². The summed E-state index contributed by atoms with van der Waals surface area (Å²) in [7, 11) is 1.60. The smallest absolute Gasteiger partial charge is 0.352 e. The number of nitriles is 1. The number of aryl methyl sites for hydroxylation is 1. The number of fused-ring (bicyclic) bond motifs is 1. The Balaban J connectivity index is 1.60. The van der Waals surface area contributed by atoms with Crippen molar-refractivity contribution in [2.45, 2.75) is 13.5 Å². The molecule has 0 saturated carbocycles. The zero-order valence-electron chi connectivity index (χ0n) is 16.9. The third kappa shape index (κ3) is 4.00. The normalized spacial score (nSPS) is 10.6. The minimum absolute atomic E-state index is 0.252. The summed E-state index contributed by atoms with van der Waals surface area (Å²) in [6.07, 6.45) is 0. The van der Waals surface area contributed by atoms with Crippen LogP contribution in [0.5, 0.6) is 5.75 Å². The maximum atomic E-state index is 12.7. The van der Waals surface area contributed by atoms with Crippen molar-refractivity contribution >= 4 is 17.2 Å². The molecule has 0 aliphatic carbocycles. The molecule has 0 radical (unpaired) electrons. The number of methoxy groups -OCH3 is 1. The van der Waals surface area contributed by atoms with Gasteiger partial charge in [-0.2, -0.15) is 5.26 Å². The van der Waals surface area contributed by atoms with Gasteiger partial charge in [-0.15, -0.1) is 5.10 Å². The first kappa shape index (κ1) is 19.8. The summed E-state index contributed by atoms with van der Waals surface area (Å²) in [5, 5.41) is 15.8. The van der Waals surface area contributed by atoms with Crippen molar-refractivity contribution in [2.75, 3.05) is 12.4 Å². The number of nitrogens with zero attached hydrogens (tertiary/aromatic N) is 5. The van der Waals surface area contributed by atoms with Crippen molar-refractivity contribution in [1.82, 2.24) is 19.2 Å². The zero-order valence-corrected chi connectivity index (χ0v) is 16.9. The van der Waals surface area contributed by atoms with Gasteiger partial charge in [-0.1, -0.05) is 0 Å². The summed E-state index contributed by atoms with van der Waals surface area (Å²) >= 11 is 0. The minimum atomic E-state index is -0.448. The third-order valence-corrected chi connectivity index (χ3v) is 4.71. The number of rotatable bonds is 5. The van der Waals surface area contributed by atoms with E-state index in [0.717, 1.165) is 16.0 Å². The highest BCUT2D eigenvalue weighted by atomic mass is 16.5. The van der Waals surface area contributed by atoms with Crippen LogP contribution in [-0.4, -0.2) is 32.2 Å². The molecule has 0 bridgehead atoms. The fraction of sp³-hybridized carbons (Fsp3) is 0.136. The quantitative estimate of drug-likeness (QED) is 0.536. The van der Waals surface area contributed by atoms with Gasteiger partial charge in [0.15, 0.2) is 5.65 Å². The number of amides is 1. The van der Waals surface area contributed by atoms with E-state index in [1.54, 1.807) is 44.4 Å². The Morgan fingerprint density at radius 2 is 1.87 bits per heavy atom. The predicted octanol–water partition coefficient (Wildman–Crippen LogP) is 2.39. The second kappa shape index (κ2) is 8.12. The monoisotopic (exact) mass is 414 g/mol. The second-order valence-corrected chi connectivity index (χ2v) is 6.79. The lowest BCUT2D eigenvalue weighted by atomic mass is 10.1. The molecular formula is C22H18N6O3. The molecule has 1 amide bonds. The van der Waals surface area contributed by atoms with E-state index in [1.165, 1.54) is 4.40 Å². The van der Waals surface area contributed by atoms with E-state index < -0.39 is 11.6 Å². The summed E-state index contributed by atoms with van der Waals surface area (Å²) < 4.78 is 7.64. The Morgan fingerprint density at radius 1 is 1.16 bits per heavy atom. The third-order valence-electron chi connectivity index (χ3n) is 4.71. The lowest BCUT2D eigenvalue weighted by Gasteiger charge is -2.05. The van der Waals surface area contributed by atoms with Gasteiger partial charge in [-0.25, -0.2) is 18.9 Å². The number of carbonyl (C=O) groups is 1. The summed E-state index contributed by atoms with van der Waals surface area (Å²) in [6, 6.07) is 17.6. The SMILES string of the molecule is COc1ccc(-c2cc3nn(CC(=O)Nc4ccc(C#N)cc4)c(=O)n3c(C)n2)cc1. The van der Waals surface area contributed by atoms with Gasteiger partial charge in [0, 0.05) is 17.3 Å². The highest BCUT2D eigenvalue weighted by Crippen LogP contribution is 2.21. The van der Waals surface area contributed by atoms with Gasteiger partial charge in [-0.3, -0.25) is 4.79 Å². The highest BCUT2D eigenvalue weighted by molar-refractivity contribution is 5.90. The number of hydrogen-bond acceptors (Lipinski definition) is 6. The molecule has 1 N–H and O–H groups in total. The van der Waals surface area contributed by atoms with Gasteiger partial charge in [0.2, 0.25) is 5.91 Å². The Morgan fingerprint density at radius 3 is 2.52 bits per heavy atom. The molecule has 0 spiro atoms. The molecule has 0 aliphatic rings. The fourth-order valence-electron chi connectivity index (χ4n) is 3.18. The van der Waals surface area contributed by atoms with E-state index in [2.05, 4.69) is 15.4 Å². The summed E-state index contributed by atoms with van der Waals surface area (Å²) in [5.74, 6) is 0.790. The summed E-state index contributed by atoms with van der Waals surface area (Å²) in [4.78, 5) is 29.6. The molecule has 4 aromatic rings. The molecule has 2 aromatic carbocycles. The Bertz CT molecular complexity index is 1360. The molecule has 2 aromatic heterocycles. The largest absolute Gasteiger partial charge is 0.497 e. The van der Waals surface area contributed by atoms with E-state index in [4.69, 9.17) is 10.00 Å². The molecule has 9 heteroatoms. The van der Waals surface area contributed by atoms with E-state index >= 15 is 0 Å². The van der Waals surface area contributed by atoms with E-state index in [0.29, 0.717) is 28.4 Å². The Hall–Kier alpha value is -4.45. The van der Waals surface area contributed by atoms with Crippen LogP contribution in [0.15, 0.2) is 59.4 Å². The van der Waals surface area contributed by atoms with Gasteiger partial charge in [0.05, 0.1) is 24.4 Å². The van der Waals surface area contributed by atoms with E-state index in [9.17, 15) is 9.59 Å². The molecule has 154 valence electrons. The van der Waals surface area contributed by atoms with E-state index in [1.807, 2.05) is 30.3 Å². The average molecular weight is 414 g/mol. The van der Waals surface area contributed by atoms with Crippen molar-refractivity contribution in [3.63, 3.8) is 0 Å². The predicted molar refractivity (Wildman–Crippen MR) is 114 cm³/mol. The molecule has 0 aliphatic heterocycles. The first-order valence-electron chi connectivity index (χ1n) is 9.40. The van der Waals surface area contributed by atoms with Gasteiger partial charge in [0.1, 0.15) is 18.1 Å². The first-order chi connectivity index (χ1) is 15.0. The van der Waals surface area contributed by atoms with Crippen LogP contribution < -0.4 is 15.7 Å². The highest BCUT2D eigenvalue weighted by Gasteiger charge is 2.15. The number of nitrogens with one attached hydrogen (secondary N) is 1. The van der Waals surface area contributed by atoms with Crippen LogP contribution in [0.4, 0.5) is 5.69 Å². The average Bonchev–Trinajstić information content (AvgIpc) is 3.09. The maximum Gasteiger partial charge on any atom is 0.352 e. The molecule has 2 heterocycles. The van der Waals surface area contributed by atoms with Crippen LogP contribution in [-0.2, 0) is 11.3 Å². The number of aromatic nitrogens is 4. The van der Waals surface area contributed by atoms with Crippen LogP contribution in [0.1, 0.15) is 11.4 Å². The number of anilines is 1. The van der Waals surface area contributed by atoms with Gasteiger partial charge >= 0.3 is 5.69 Å². The number of carbonyl (C=O) groups excluding carboxylic acids is 1. The molecule has 0 atom stereocenters. The van der Waals surface area contributed by atoms with E-state index in [-0.39, 0.29) is 6.54 Å². The van der Waals surface area contributed by atoms with Gasteiger partial charge < -0.3 is 10.1 Å². The van der Waals surface area contributed by atoms with Gasteiger partial charge in [0.25, 0.3) is 0 Å². The van der Waals surface area contributed by atoms with Gasteiger partial charge in [-0.05, 0) is 55.5 Å². The molecule has 0 saturated heterocycles. The van der Waals surface area contributed by atoms with Crippen molar-refractivity contribution in [1.29, 1.82) is 5.26 Å². The Labute approximate surface area is 177 Å². The lowest BCUT2D eigenvalue weighted by molar-refractivity contribution is -0.117. The molecule has 4 rings (SSSR count). The lowest BCUT2D eigenvalue weighted by Crippen LogP contribution is -2.28. The summed E-state index contributed by atoms with van der Waals surface area (Å²) in [5.41, 5.74) is 2.48. The maximum absolute atomic E-state index is 12.7. The van der Waals surface area contributed by atoms with Crippen LogP contribution in [0, 0.1) is 18.3 Å². The number of benzene rings is 2. The van der Waals surface area contributed by atoms with Crippen molar-refractivity contribution in [2.24, 2.45) is 0 Å². The topological polar surface area (TPSA) is 114 Å². The zero-order chi connectivity index (χ0) is 22.0. The molecular weight excluding hydrogens is 396 g/mol. The second-order valence-electron chi connectivity index (χ2n) is 6.79. The van der Waals surface area contributed by atoms with Crippen molar-refractivity contribution in [3.8, 4) is 23.1 Å². The standard InChI is InChI=1S/C22H18N6O3/c1-14-24-19(16-5-9-18(31-2)10-6-16)11-20-26-27(22(30)28(14)20)13-21(29)25-17-7-3-15(12-23)4-8-17/h3-11H,13H2,1-2H3,(H,25,29). The van der Waals surface area contributed by atoms with Crippen molar-refractivity contribution in [3.05, 3.63) is 76.5 Å². The van der Waals surface area contributed by atoms with Crippen LogP contribution in [0.2, 0.25) is 0 Å². The van der Waals surface area contributed by atoms with Crippen LogP contribution >= 0.6 is 0 Å². The molecule has 0 unspecified atom stereocenters. The van der Waals surface area contributed by atoms with Crippen LogP contribution in [0.25, 0.3) is 16.9 Å². The van der Waals surface area contributed by atoms with Crippen molar-refractivity contribution < 1.29 is 9.53 Å². The molecule has 31 heavy (non-hydrogen) atoms. The first-order valence-corrected chi connectivity index (χ1v) is 9.40. The minimum Gasteiger partial charge on any atom is -0.497 e. The molecule has 0 fully saturated rings. The fourth-order valence-corrected chi connectivity index (χ4v) is 3.18. The number of hydrogen-bond donors (Lipinski definition) is 1. The summed E-state index contributed by atoms with van der Waals surface area (Å²) in [6.45, 7) is 1.46. The number of ether oxygens (including phenoxy) is 1. The molecule has 9 nitrogen and oxygen atoms in total. The Kier molecular flexibility index (Phi) is 5.20.